The standard InChI is InChI=1S/C18H14S4/c1-3-9-5-15-17(19-9)11-7-12-14(8-13(11)21-15)22-16-6-10(4-2)20-18(12)16/h5-8H,3-4H2,1-2H3. The fourth-order valence-electron chi connectivity index (χ4n) is 3.04. The normalized spacial score (nSPS) is 12.5. The molecule has 5 rings (SSSR count). The monoisotopic (exact) mass is 358 g/mol. The molecule has 0 aliphatic heterocycles. The van der Waals surface area contributed by atoms with Crippen LogP contribution in [0.5, 0.6) is 0 Å². The first-order valence-electron chi connectivity index (χ1n) is 7.56. The first-order valence-corrected chi connectivity index (χ1v) is 10.8. The third-order valence-corrected chi connectivity index (χ3v) is 9.29. The Balaban J connectivity index is 1.90. The van der Waals surface area contributed by atoms with E-state index in [1.165, 1.54) is 48.7 Å². The van der Waals surface area contributed by atoms with E-state index in [-0.39, 0.29) is 0 Å². The smallest absolute Gasteiger partial charge is 0.0532 e. The van der Waals surface area contributed by atoms with E-state index >= 15 is 0 Å². The minimum atomic E-state index is 1.14. The van der Waals surface area contributed by atoms with Crippen molar-refractivity contribution in [1.29, 1.82) is 0 Å². The van der Waals surface area contributed by atoms with Crippen molar-refractivity contribution in [2.24, 2.45) is 0 Å². The van der Waals surface area contributed by atoms with Gasteiger partial charge < -0.3 is 0 Å². The molecular weight excluding hydrogens is 344 g/mol. The van der Waals surface area contributed by atoms with E-state index < -0.39 is 0 Å². The van der Waals surface area contributed by atoms with Gasteiger partial charge >= 0.3 is 0 Å². The second kappa shape index (κ2) is 4.78. The van der Waals surface area contributed by atoms with E-state index in [1.807, 2.05) is 45.3 Å². The summed E-state index contributed by atoms with van der Waals surface area (Å²) in [7, 11) is 0. The third kappa shape index (κ3) is 1.78. The van der Waals surface area contributed by atoms with Crippen molar-refractivity contribution in [3.63, 3.8) is 0 Å². The summed E-state index contributed by atoms with van der Waals surface area (Å²) in [6, 6.07) is 9.63. The SMILES string of the molecule is CCc1cc2sc3cc4sc5cc(CC)sc5c4cc3c2s1. The molecular formula is C18H14S4. The van der Waals surface area contributed by atoms with Crippen LogP contribution in [0.15, 0.2) is 24.3 Å². The van der Waals surface area contributed by atoms with Crippen LogP contribution in [0, 0.1) is 0 Å². The summed E-state index contributed by atoms with van der Waals surface area (Å²) >= 11 is 7.86. The number of benzene rings is 1. The largest absolute Gasteiger partial charge is 0.139 e. The van der Waals surface area contributed by atoms with Crippen molar-refractivity contribution < 1.29 is 0 Å². The van der Waals surface area contributed by atoms with E-state index in [4.69, 9.17) is 0 Å². The second-order valence-corrected chi connectivity index (χ2v) is 10.0. The average Bonchev–Trinajstić information content (AvgIpc) is 3.22. The minimum Gasteiger partial charge on any atom is -0.139 e. The molecule has 5 aromatic rings. The van der Waals surface area contributed by atoms with Crippen molar-refractivity contribution in [1.82, 2.24) is 0 Å². The van der Waals surface area contributed by atoms with E-state index in [0.29, 0.717) is 0 Å². The highest BCUT2D eigenvalue weighted by molar-refractivity contribution is 7.34. The molecule has 4 aromatic heterocycles. The van der Waals surface area contributed by atoms with Crippen molar-refractivity contribution >= 4 is 84.3 Å². The predicted molar refractivity (Wildman–Crippen MR) is 107 cm³/mol. The van der Waals surface area contributed by atoms with Gasteiger partial charge in [-0.3, -0.25) is 0 Å². The fraction of sp³-hybridized carbons (Fsp3) is 0.222. The van der Waals surface area contributed by atoms with Gasteiger partial charge in [-0.25, -0.2) is 0 Å². The van der Waals surface area contributed by atoms with Crippen LogP contribution in [0.1, 0.15) is 23.6 Å². The molecule has 0 bridgehead atoms. The lowest BCUT2D eigenvalue weighted by Crippen LogP contribution is -1.67. The second-order valence-electron chi connectivity index (χ2n) is 5.57. The summed E-state index contributed by atoms with van der Waals surface area (Å²) in [4.78, 5) is 3.01. The van der Waals surface area contributed by atoms with Crippen LogP contribution >= 0.6 is 45.3 Å². The summed E-state index contributed by atoms with van der Waals surface area (Å²) < 4.78 is 8.80. The first kappa shape index (κ1) is 13.5. The van der Waals surface area contributed by atoms with Gasteiger partial charge in [0.2, 0.25) is 0 Å². The van der Waals surface area contributed by atoms with Gasteiger partial charge in [-0.1, -0.05) is 13.8 Å². The van der Waals surface area contributed by atoms with Gasteiger partial charge in [0.15, 0.2) is 0 Å². The summed E-state index contributed by atoms with van der Waals surface area (Å²) in [6.45, 7) is 4.49. The molecule has 0 nitrogen and oxygen atoms in total. The van der Waals surface area contributed by atoms with E-state index in [9.17, 15) is 0 Å². The Morgan fingerprint density at radius 3 is 1.55 bits per heavy atom. The maximum Gasteiger partial charge on any atom is 0.0532 e. The number of aryl methyl sites for hydroxylation is 2. The lowest BCUT2D eigenvalue weighted by atomic mass is 10.2. The fourth-order valence-corrected chi connectivity index (χ4v) is 8.12. The Morgan fingerprint density at radius 1 is 0.591 bits per heavy atom. The van der Waals surface area contributed by atoms with Crippen LogP contribution in [0.4, 0.5) is 0 Å². The maximum atomic E-state index is 2.45. The Hall–Kier alpha value is -0.940. The number of rotatable bonds is 2. The van der Waals surface area contributed by atoms with Gasteiger partial charge in [0, 0.05) is 39.3 Å². The molecule has 0 radical (unpaired) electrons. The van der Waals surface area contributed by atoms with Gasteiger partial charge in [0.05, 0.1) is 9.40 Å². The Kier molecular flexibility index (Phi) is 2.93. The van der Waals surface area contributed by atoms with Crippen LogP contribution in [0.25, 0.3) is 39.0 Å². The molecule has 0 N–H and O–H groups in total. The van der Waals surface area contributed by atoms with E-state index in [0.717, 1.165) is 12.8 Å². The molecule has 0 amide bonds. The zero-order chi connectivity index (χ0) is 14.8. The van der Waals surface area contributed by atoms with Crippen LogP contribution in [0.3, 0.4) is 0 Å². The van der Waals surface area contributed by atoms with Crippen LogP contribution in [0.2, 0.25) is 0 Å². The van der Waals surface area contributed by atoms with Crippen LogP contribution in [-0.4, -0.2) is 0 Å². The minimum absolute atomic E-state index is 1.14. The summed E-state index contributed by atoms with van der Waals surface area (Å²) in [6.07, 6.45) is 2.28. The molecule has 0 saturated carbocycles. The van der Waals surface area contributed by atoms with Gasteiger partial charge in [-0.05, 0) is 37.1 Å². The van der Waals surface area contributed by atoms with Gasteiger partial charge in [-0.15, -0.1) is 45.3 Å². The molecule has 0 aliphatic carbocycles. The lowest BCUT2D eigenvalue weighted by Gasteiger charge is -1.93. The topological polar surface area (TPSA) is 0 Å². The molecule has 0 fully saturated rings. The molecule has 0 saturated heterocycles. The van der Waals surface area contributed by atoms with Gasteiger partial charge in [-0.2, -0.15) is 0 Å². The molecule has 1 aromatic carbocycles. The van der Waals surface area contributed by atoms with Crippen molar-refractivity contribution in [3.05, 3.63) is 34.0 Å². The van der Waals surface area contributed by atoms with E-state index in [2.05, 4.69) is 38.1 Å². The molecule has 22 heavy (non-hydrogen) atoms. The zero-order valence-electron chi connectivity index (χ0n) is 12.4. The summed E-state index contributed by atoms with van der Waals surface area (Å²) in [5.74, 6) is 0. The number of fused-ring (bicyclic) bond motifs is 6. The van der Waals surface area contributed by atoms with Crippen LogP contribution in [-0.2, 0) is 12.8 Å². The van der Waals surface area contributed by atoms with Gasteiger partial charge in [0.1, 0.15) is 0 Å². The summed E-state index contributed by atoms with van der Waals surface area (Å²) in [5.41, 5.74) is 0. The lowest BCUT2D eigenvalue weighted by molar-refractivity contribution is 1.19. The first-order chi connectivity index (χ1) is 10.8. The quantitative estimate of drug-likeness (QED) is 0.304. The van der Waals surface area contributed by atoms with Crippen molar-refractivity contribution in [2.75, 3.05) is 0 Å². The average molecular weight is 359 g/mol. The van der Waals surface area contributed by atoms with Crippen molar-refractivity contribution in [2.45, 2.75) is 26.7 Å². The Morgan fingerprint density at radius 2 is 1.09 bits per heavy atom. The van der Waals surface area contributed by atoms with Gasteiger partial charge in [0.25, 0.3) is 0 Å². The number of hydrogen-bond acceptors (Lipinski definition) is 4. The highest BCUT2D eigenvalue weighted by Gasteiger charge is 2.14. The highest BCUT2D eigenvalue weighted by Crippen LogP contribution is 2.46. The molecule has 0 unspecified atom stereocenters. The molecule has 0 spiro atoms. The molecule has 0 aliphatic rings. The number of hydrogen-bond donors (Lipinski definition) is 0. The molecule has 4 heterocycles. The predicted octanol–water partition coefficient (Wildman–Crippen LogP) is 7.67. The molecule has 0 atom stereocenters. The molecule has 110 valence electrons. The van der Waals surface area contributed by atoms with Crippen LogP contribution < -0.4 is 0 Å². The third-order valence-electron chi connectivity index (χ3n) is 4.21. The van der Waals surface area contributed by atoms with Crippen molar-refractivity contribution in [3.8, 4) is 0 Å². The van der Waals surface area contributed by atoms with E-state index in [1.54, 1.807) is 0 Å². The maximum absolute atomic E-state index is 2.45. The summed E-state index contributed by atoms with van der Waals surface area (Å²) in [5, 5.41) is 2.92. The molecule has 4 heteroatoms. The number of thiophene rings is 4. The Labute approximate surface area is 144 Å². The Bertz CT molecular complexity index is 1060. The highest BCUT2D eigenvalue weighted by atomic mass is 32.1. The zero-order valence-corrected chi connectivity index (χ0v) is 15.6.